The third-order valence-electron chi connectivity index (χ3n) is 3.44. The van der Waals surface area contributed by atoms with Gasteiger partial charge in [0.25, 0.3) is 0 Å². The van der Waals surface area contributed by atoms with Crippen LogP contribution in [0.4, 0.5) is 0 Å². The Balaban J connectivity index is 2.31. The topological polar surface area (TPSA) is 29.1 Å². The van der Waals surface area contributed by atoms with E-state index in [4.69, 9.17) is 0 Å². The van der Waals surface area contributed by atoms with E-state index in [1.165, 1.54) is 31.8 Å². The van der Waals surface area contributed by atoms with Gasteiger partial charge in [0.05, 0.1) is 0 Å². The highest BCUT2D eigenvalue weighted by Crippen LogP contribution is 2.28. The Kier molecular flexibility index (Phi) is 6.39. The van der Waals surface area contributed by atoms with Crippen molar-refractivity contribution in [1.29, 1.82) is 0 Å². The van der Waals surface area contributed by atoms with Crippen molar-refractivity contribution in [3.63, 3.8) is 0 Å². The molecule has 1 rings (SSSR count). The van der Waals surface area contributed by atoms with Crippen LogP contribution in [-0.2, 0) is 4.79 Å². The molecule has 2 nitrogen and oxygen atoms in total. The van der Waals surface area contributed by atoms with Crippen molar-refractivity contribution in [3.05, 3.63) is 12.7 Å². The first-order valence-electron chi connectivity index (χ1n) is 6.89. The minimum Gasteiger partial charge on any atom is -0.350 e. The molecule has 1 fully saturated rings. The minimum absolute atomic E-state index is 0.0270. The van der Waals surface area contributed by atoms with Crippen molar-refractivity contribution >= 4 is 13.2 Å². The van der Waals surface area contributed by atoms with Crippen molar-refractivity contribution in [3.8, 4) is 0 Å². The lowest BCUT2D eigenvalue weighted by Gasteiger charge is -2.25. The highest BCUT2D eigenvalue weighted by molar-refractivity contribution is 6.39. The summed E-state index contributed by atoms with van der Waals surface area (Å²) in [7, 11) is 2.49. The van der Waals surface area contributed by atoms with Gasteiger partial charge in [-0.25, -0.2) is 0 Å². The molecule has 0 unspecified atom stereocenters. The molecule has 0 aliphatic heterocycles. The predicted molar refractivity (Wildman–Crippen MR) is 74.4 cm³/mol. The molecule has 3 heteroatoms. The Morgan fingerprint density at radius 2 is 1.88 bits per heavy atom. The fourth-order valence-corrected chi connectivity index (χ4v) is 2.68. The lowest BCUT2D eigenvalue weighted by Crippen LogP contribution is -2.34. The molecule has 1 amide bonds. The van der Waals surface area contributed by atoms with Crippen LogP contribution in [0, 0.1) is 0 Å². The molecule has 17 heavy (non-hydrogen) atoms. The molecule has 0 atom stereocenters. The van der Waals surface area contributed by atoms with Crippen molar-refractivity contribution < 1.29 is 4.79 Å². The molecule has 0 saturated heterocycles. The van der Waals surface area contributed by atoms with E-state index in [0.717, 1.165) is 18.7 Å². The van der Waals surface area contributed by atoms with Crippen LogP contribution < -0.4 is 5.32 Å². The van der Waals surface area contributed by atoms with Crippen LogP contribution in [0.1, 0.15) is 52.4 Å². The van der Waals surface area contributed by atoms with Gasteiger partial charge >= 0.3 is 0 Å². The molecule has 1 aliphatic carbocycles. The summed E-state index contributed by atoms with van der Waals surface area (Å²) in [6.07, 6.45) is 8.58. The highest BCUT2D eigenvalue weighted by Gasteiger charge is 2.18. The van der Waals surface area contributed by atoms with E-state index in [9.17, 15) is 4.79 Å². The molecule has 0 heterocycles. The average Bonchev–Trinajstić information content (AvgIpc) is 2.24. The first-order valence-corrected chi connectivity index (χ1v) is 6.89. The first kappa shape index (κ1) is 14.3. The summed E-state index contributed by atoms with van der Waals surface area (Å²) in [6.45, 7) is 8.01. The normalized spacial score (nSPS) is 25.8. The Morgan fingerprint density at radius 3 is 2.35 bits per heavy atom. The Morgan fingerprint density at radius 1 is 1.29 bits per heavy atom. The molecule has 1 N–H and O–H groups in total. The molecule has 1 saturated carbocycles. The number of carbonyl (C=O) groups excluding carboxylic acids is 1. The van der Waals surface area contributed by atoms with Gasteiger partial charge in [0.2, 0.25) is 5.91 Å². The maximum Gasteiger partial charge on any atom is 0.243 e. The number of carbonyl (C=O) groups is 1. The van der Waals surface area contributed by atoms with E-state index >= 15 is 0 Å². The zero-order valence-corrected chi connectivity index (χ0v) is 11.2. The standard InChI is InChI=1S/C14H25BNO/c1-4-14(17)16-13-9-5-7-12(8-6-10-13)15-11(2)3/h4,11-13H,1,5-10H2,2-3H3,(H,16,17). The second kappa shape index (κ2) is 7.57. The average molecular weight is 234 g/mol. The van der Waals surface area contributed by atoms with Gasteiger partial charge in [0, 0.05) is 6.04 Å². The number of hydrogen-bond acceptors (Lipinski definition) is 1. The Hall–Kier alpha value is -0.725. The Bertz CT molecular complexity index is 243. The third kappa shape index (κ3) is 5.95. The van der Waals surface area contributed by atoms with Crippen LogP contribution in [0.2, 0.25) is 11.6 Å². The lowest BCUT2D eigenvalue weighted by molar-refractivity contribution is -0.117. The van der Waals surface area contributed by atoms with Crippen LogP contribution in [0.25, 0.3) is 0 Å². The van der Waals surface area contributed by atoms with Crippen LogP contribution in [-0.4, -0.2) is 19.2 Å². The van der Waals surface area contributed by atoms with Gasteiger partial charge in [-0.3, -0.25) is 4.79 Å². The summed E-state index contributed by atoms with van der Waals surface area (Å²) in [6, 6.07) is 0.362. The van der Waals surface area contributed by atoms with Gasteiger partial charge < -0.3 is 5.32 Å². The van der Waals surface area contributed by atoms with E-state index in [1.807, 2.05) is 0 Å². The molecule has 0 aromatic heterocycles. The molecule has 1 aliphatic rings. The van der Waals surface area contributed by atoms with Crippen LogP contribution in [0.15, 0.2) is 12.7 Å². The van der Waals surface area contributed by atoms with Crippen LogP contribution >= 0.6 is 0 Å². The lowest BCUT2D eigenvalue weighted by atomic mass is 9.53. The van der Waals surface area contributed by atoms with E-state index in [1.54, 1.807) is 0 Å². The minimum atomic E-state index is -0.0270. The quantitative estimate of drug-likeness (QED) is 0.586. The molecular formula is C14H25BNO. The summed E-state index contributed by atoms with van der Waals surface area (Å²) in [5, 5.41) is 3.02. The van der Waals surface area contributed by atoms with E-state index in [0.29, 0.717) is 11.9 Å². The zero-order chi connectivity index (χ0) is 12.7. The monoisotopic (exact) mass is 234 g/mol. The van der Waals surface area contributed by atoms with Gasteiger partial charge in [-0.05, 0) is 18.9 Å². The van der Waals surface area contributed by atoms with Crippen molar-refractivity contribution in [2.75, 3.05) is 0 Å². The van der Waals surface area contributed by atoms with Crippen molar-refractivity contribution in [1.82, 2.24) is 5.32 Å². The third-order valence-corrected chi connectivity index (χ3v) is 3.44. The number of amides is 1. The maximum atomic E-state index is 11.3. The molecule has 0 bridgehead atoms. The van der Waals surface area contributed by atoms with Crippen LogP contribution in [0.3, 0.4) is 0 Å². The summed E-state index contributed by atoms with van der Waals surface area (Å²) in [5.74, 6) is 1.45. The van der Waals surface area contributed by atoms with E-state index < -0.39 is 0 Å². The van der Waals surface area contributed by atoms with E-state index in [2.05, 4.69) is 33.0 Å². The molecule has 0 aromatic carbocycles. The first-order chi connectivity index (χ1) is 8.11. The number of hydrogen-bond donors (Lipinski definition) is 1. The maximum absolute atomic E-state index is 11.3. The highest BCUT2D eigenvalue weighted by atomic mass is 16.1. The van der Waals surface area contributed by atoms with Crippen LogP contribution in [0.5, 0.6) is 0 Å². The number of nitrogens with one attached hydrogen (secondary N) is 1. The molecule has 0 spiro atoms. The fraction of sp³-hybridized carbons (Fsp3) is 0.786. The molecular weight excluding hydrogens is 209 g/mol. The van der Waals surface area contributed by atoms with Gasteiger partial charge in [-0.15, -0.1) is 0 Å². The molecule has 95 valence electrons. The zero-order valence-electron chi connectivity index (χ0n) is 11.2. The SMILES string of the molecule is C=CC(=O)NC1CCCC([B]C(C)C)CCC1. The van der Waals surface area contributed by atoms with Crippen molar-refractivity contribution in [2.24, 2.45) is 0 Å². The van der Waals surface area contributed by atoms with Gasteiger partial charge in [0.1, 0.15) is 7.28 Å². The second-order valence-corrected chi connectivity index (χ2v) is 5.47. The number of rotatable bonds is 4. The Labute approximate surface area is 106 Å². The fourth-order valence-electron chi connectivity index (χ4n) is 2.68. The predicted octanol–water partition coefficient (Wildman–Crippen LogP) is 3.33. The molecule has 0 aromatic rings. The second-order valence-electron chi connectivity index (χ2n) is 5.47. The summed E-state index contributed by atoms with van der Waals surface area (Å²) in [4.78, 5) is 11.3. The largest absolute Gasteiger partial charge is 0.350 e. The van der Waals surface area contributed by atoms with Gasteiger partial charge in [-0.1, -0.05) is 57.7 Å². The smallest absolute Gasteiger partial charge is 0.243 e. The molecule has 1 radical (unpaired) electrons. The van der Waals surface area contributed by atoms with Gasteiger partial charge in [0.15, 0.2) is 0 Å². The van der Waals surface area contributed by atoms with Gasteiger partial charge in [-0.2, -0.15) is 0 Å². The van der Waals surface area contributed by atoms with Crippen molar-refractivity contribution in [2.45, 2.75) is 70.0 Å². The summed E-state index contributed by atoms with van der Waals surface area (Å²) in [5.41, 5.74) is 0. The van der Waals surface area contributed by atoms with E-state index in [-0.39, 0.29) is 5.91 Å². The summed E-state index contributed by atoms with van der Waals surface area (Å²) < 4.78 is 0. The summed E-state index contributed by atoms with van der Waals surface area (Å²) >= 11 is 0.